The minimum Gasteiger partial charge on any atom is -0.444 e. The van der Waals surface area contributed by atoms with E-state index in [-0.39, 0.29) is 46.2 Å². The molecule has 1 saturated heterocycles. The second-order valence-electron chi connectivity index (χ2n) is 15.8. The number of ether oxygens (including phenoxy) is 1. The second kappa shape index (κ2) is 15.8. The van der Waals surface area contributed by atoms with E-state index in [0.29, 0.717) is 18.7 Å². The van der Waals surface area contributed by atoms with Gasteiger partial charge in [-0.3, -0.25) is 4.79 Å². The summed E-state index contributed by atoms with van der Waals surface area (Å²) in [6.45, 7) is 20.1. The third kappa shape index (κ3) is 10.3. The number of aromatic nitrogens is 2. The zero-order chi connectivity index (χ0) is 38.8. The van der Waals surface area contributed by atoms with Gasteiger partial charge >= 0.3 is 6.09 Å². The number of halogens is 1. The number of anilines is 1. The van der Waals surface area contributed by atoms with Crippen LogP contribution in [0.3, 0.4) is 0 Å². The van der Waals surface area contributed by atoms with Crippen LogP contribution >= 0.6 is 11.6 Å². The van der Waals surface area contributed by atoms with Crippen LogP contribution in [-0.2, 0) is 19.2 Å². The summed E-state index contributed by atoms with van der Waals surface area (Å²) in [6.07, 6.45) is -1.31. The van der Waals surface area contributed by atoms with Crippen LogP contribution in [0.4, 0.5) is 10.7 Å². The molecular weight excluding hydrogens is 722 g/mol. The Hall–Kier alpha value is -3.56. The first-order chi connectivity index (χ1) is 24.0. The third-order valence-electron chi connectivity index (χ3n) is 9.39. The molecule has 4 rings (SSSR count). The molecule has 0 spiro atoms. The maximum atomic E-state index is 14.3. The average Bonchev–Trinajstić information content (AvgIpc) is 3.17. The average molecular weight is 774 g/mol. The highest BCUT2D eigenvalue weighted by Crippen LogP contribution is 2.37. The summed E-state index contributed by atoms with van der Waals surface area (Å²) >= 11 is 6.32. The monoisotopic (exact) mass is 773 g/mol. The molecule has 2 heterocycles. The lowest BCUT2D eigenvalue weighted by Gasteiger charge is -2.37. The molecule has 12 nitrogen and oxygen atoms in total. The first-order valence-electron chi connectivity index (χ1n) is 17.3. The number of rotatable bonds is 9. The van der Waals surface area contributed by atoms with Crippen LogP contribution < -0.4 is 4.72 Å². The van der Waals surface area contributed by atoms with E-state index in [1.54, 1.807) is 26.8 Å². The lowest BCUT2D eigenvalue weighted by atomic mass is 10.00. The van der Waals surface area contributed by atoms with Gasteiger partial charge in [0, 0.05) is 36.9 Å². The normalized spacial score (nSPS) is 17.5. The summed E-state index contributed by atoms with van der Waals surface area (Å²) in [5, 5.41) is 11.1. The summed E-state index contributed by atoms with van der Waals surface area (Å²) in [6, 6.07) is 12.4. The number of hydrogen-bond acceptors (Lipinski definition) is 9. The number of hydrogen-bond donors (Lipinski definition) is 2. The Morgan fingerprint density at radius 1 is 0.981 bits per heavy atom. The number of nitrogens with one attached hydrogen (secondary N) is 1. The Morgan fingerprint density at radius 2 is 1.62 bits per heavy atom. The molecule has 1 fully saturated rings. The first-order valence-corrected chi connectivity index (χ1v) is 22.1. The molecule has 2 amide bonds. The highest BCUT2D eigenvalue weighted by atomic mass is 35.5. The maximum absolute atomic E-state index is 14.3. The van der Waals surface area contributed by atoms with Crippen LogP contribution in [0.15, 0.2) is 53.4 Å². The molecule has 0 radical (unpaired) electrons. The number of aliphatic hydroxyl groups excluding tert-OH is 1. The summed E-state index contributed by atoms with van der Waals surface area (Å²) in [5.41, 5.74) is 2.47. The topological polar surface area (TPSA) is 151 Å². The second-order valence-corrected chi connectivity index (χ2v) is 22.7. The Balaban J connectivity index is 1.64. The Bertz CT molecular complexity index is 1880. The number of aliphatic hydroxyl groups is 1. The third-order valence-corrected chi connectivity index (χ3v) is 15.4. The summed E-state index contributed by atoms with van der Waals surface area (Å²) < 4.78 is 41.9. The molecule has 1 aromatic heterocycles. The van der Waals surface area contributed by atoms with Crippen LogP contribution in [0.1, 0.15) is 69.4 Å². The zero-order valence-corrected chi connectivity index (χ0v) is 34.4. The van der Waals surface area contributed by atoms with Crippen LogP contribution in [0.25, 0.3) is 11.3 Å². The molecule has 0 saturated carbocycles. The van der Waals surface area contributed by atoms with E-state index in [2.05, 4.69) is 48.6 Å². The summed E-state index contributed by atoms with van der Waals surface area (Å²) in [4.78, 5) is 38.8. The quantitative estimate of drug-likeness (QED) is 0.172. The Morgan fingerprint density at radius 3 is 2.23 bits per heavy atom. The van der Waals surface area contributed by atoms with Gasteiger partial charge in [-0.15, -0.1) is 0 Å². The van der Waals surface area contributed by atoms with Crippen LogP contribution in [0.2, 0.25) is 23.3 Å². The van der Waals surface area contributed by atoms with Crippen molar-refractivity contribution in [3.8, 4) is 11.3 Å². The Kier molecular flexibility index (Phi) is 12.5. The highest BCUT2D eigenvalue weighted by molar-refractivity contribution is 7.92. The summed E-state index contributed by atoms with van der Waals surface area (Å²) in [7, 11) is -6.43. The van der Waals surface area contributed by atoms with Gasteiger partial charge in [-0.2, -0.15) is 0 Å². The van der Waals surface area contributed by atoms with E-state index in [1.165, 1.54) is 34.1 Å². The lowest BCUT2D eigenvalue weighted by molar-refractivity contribution is 0.0170. The van der Waals surface area contributed by atoms with Gasteiger partial charge in [0.1, 0.15) is 10.8 Å². The Labute approximate surface area is 314 Å². The van der Waals surface area contributed by atoms with Crippen LogP contribution in [0.5, 0.6) is 0 Å². The number of carbonyl (C=O) groups is 2. The minimum atomic E-state index is -4.29. The van der Waals surface area contributed by atoms with E-state index in [9.17, 15) is 23.1 Å². The van der Waals surface area contributed by atoms with Gasteiger partial charge in [-0.1, -0.05) is 56.6 Å². The number of aryl methyl sites for hydroxylation is 2. The van der Waals surface area contributed by atoms with Gasteiger partial charge in [0.15, 0.2) is 8.32 Å². The molecule has 52 heavy (non-hydrogen) atoms. The fraction of sp³-hybridized carbons (Fsp3) is 0.514. The van der Waals surface area contributed by atoms with Crippen molar-refractivity contribution in [2.24, 2.45) is 0 Å². The van der Waals surface area contributed by atoms with E-state index in [0.717, 1.165) is 16.7 Å². The number of β-amino-alcohol motifs (C(OH)–C–C–N with tert-alkyl or cyclic N) is 1. The molecule has 284 valence electrons. The number of amides is 2. The molecular formula is C37H52ClN5O7SSi. The van der Waals surface area contributed by atoms with Crippen molar-refractivity contribution in [2.75, 3.05) is 31.0 Å². The molecule has 0 aliphatic carbocycles. The molecule has 1 aliphatic rings. The molecule has 2 N–H and O–H groups in total. The standard InChI is InChI=1S/C37H52ClN5O7SSi/c1-24-13-11-14-25(2)32(24)30-20-31(38)40-34(39-30)41-51(47,48)29-16-12-15-26(19-29)33(45)43-23-28(44)22-42(35(46)50-36(3,4)5)21-27(43)17-18-49-52(9,10)37(6,7)8/h11-16,19-20,27-28,44H,17-18,21-23H2,1-10H3,(H,39,40,41). The van der Waals surface area contributed by atoms with Crippen molar-refractivity contribution >= 4 is 47.9 Å². The summed E-state index contributed by atoms with van der Waals surface area (Å²) in [5.74, 6) is -0.725. The molecule has 2 aromatic carbocycles. The zero-order valence-electron chi connectivity index (χ0n) is 31.8. The van der Waals surface area contributed by atoms with Gasteiger partial charge in [-0.05, 0) is 88.5 Å². The number of sulfonamides is 1. The SMILES string of the molecule is Cc1cccc(C)c1-c1cc(Cl)nc(NS(=O)(=O)c2cccc(C(=O)N3CC(O)CN(C(=O)OC(C)(C)C)CC3CCO[Si](C)(C)C(C)(C)C)c2)n1. The van der Waals surface area contributed by atoms with Crippen molar-refractivity contribution in [1.82, 2.24) is 19.8 Å². The largest absolute Gasteiger partial charge is 0.444 e. The molecule has 0 bridgehead atoms. The van der Waals surface area contributed by atoms with Gasteiger partial charge in [0.25, 0.3) is 15.9 Å². The highest BCUT2D eigenvalue weighted by Gasteiger charge is 2.39. The predicted octanol–water partition coefficient (Wildman–Crippen LogP) is 7.05. The molecule has 1 aliphatic heterocycles. The van der Waals surface area contributed by atoms with E-state index in [4.69, 9.17) is 20.8 Å². The van der Waals surface area contributed by atoms with E-state index < -0.39 is 48.1 Å². The van der Waals surface area contributed by atoms with Crippen molar-refractivity contribution < 1.29 is 32.3 Å². The minimum absolute atomic E-state index is 0.0399. The smallest absolute Gasteiger partial charge is 0.410 e. The molecule has 2 unspecified atom stereocenters. The molecule has 2 atom stereocenters. The van der Waals surface area contributed by atoms with Crippen molar-refractivity contribution in [3.05, 3.63) is 70.4 Å². The van der Waals surface area contributed by atoms with Crippen LogP contribution in [0, 0.1) is 13.8 Å². The fourth-order valence-corrected chi connectivity index (χ4v) is 7.94. The fourth-order valence-electron chi connectivity index (χ4n) is 5.70. The molecule has 15 heteroatoms. The van der Waals surface area contributed by atoms with Gasteiger partial charge in [-0.25, -0.2) is 27.9 Å². The van der Waals surface area contributed by atoms with Crippen LogP contribution in [-0.4, -0.2) is 97.6 Å². The first kappa shape index (κ1) is 41.2. The maximum Gasteiger partial charge on any atom is 0.410 e. The predicted molar refractivity (Wildman–Crippen MR) is 206 cm³/mol. The lowest BCUT2D eigenvalue weighted by Crippen LogP contribution is -2.48. The van der Waals surface area contributed by atoms with Gasteiger partial charge in [0.2, 0.25) is 5.95 Å². The van der Waals surface area contributed by atoms with E-state index >= 15 is 0 Å². The number of nitrogens with zero attached hydrogens (tertiary/aromatic N) is 4. The van der Waals surface area contributed by atoms with Crippen molar-refractivity contribution in [3.63, 3.8) is 0 Å². The van der Waals surface area contributed by atoms with Crippen molar-refractivity contribution in [1.29, 1.82) is 0 Å². The van der Waals surface area contributed by atoms with Gasteiger partial charge < -0.3 is 24.1 Å². The number of benzene rings is 2. The molecule has 3 aromatic rings. The number of carbonyl (C=O) groups excluding carboxylic acids is 2. The van der Waals surface area contributed by atoms with Gasteiger partial charge in [0.05, 0.1) is 29.3 Å². The van der Waals surface area contributed by atoms with Crippen molar-refractivity contribution in [2.45, 2.75) is 103 Å². The van der Waals surface area contributed by atoms with E-state index in [1.807, 2.05) is 32.0 Å².